The van der Waals surface area contributed by atoms with Crippen LogP contribution in [0.3, 0.4) is 0 Å². The van der Waals surface area contributed by atoms with Crippen molar-refractivity contribution in [2.45, 2.75) is 20.0 Å². The molecule has 0 N–H and O–H groups in total. The number of halogens is 2. The van der Waals surface area contributed by atoms with E-state index in [0.717, 1.165) is 13.2 Å². The molecule has 2 aromatic carbocycles. The Kier molecular flexibility index (Phi) is 6.76. The van der Waals surface area contributed by atoms with Crippen LogP contribution >= 0.6 is 0 Å². The molecule has 1 unspecified atom stereocenters. The maximum atomic E-state index is 13.8. The van der Waals surface area contributed by atoms with Crippen molar-refractivity contribution in [3.8, 4) is 0 Å². The van der Waals surface area contributed by atoms with E-state index in [1.807, 2.05) is 0 Å². The molecule has 2 rings (SSSR count). The van der Waals surface area contributed by atoms with Gasteiger partial charge in [-0.1, -0.05) is 25.1 Å². The minimum absolute atomic E-state index is 0.0855. The zero-order chi connectivity index (χ0) is 20.0. The minimum Gasteiger partial charge on any atom is -0.465 e. The van der Waals surface area contributed by atoms with Gasteiger partial charge >= 0.3 is 11.9 Å². The van der Waals surface area contributed by atoms with Gasteiger partial charge in [0, 0.05) is 6.42 Å². The van der Waals surface area contributed by atoms with E-state index >= 15 is 0 Å². The van der Waals surface area contributed by atoms with E-state index in [4.69, 9.17) is 4.74 Å². The van der Waals surface area contributed by atoms with Gasteiger partial charge in [0.25, 0.3) is 0 Å². The van der Waals surface area contributed by atoms with Gasteiger partial charge in [0.05, 0.1) is 24.2 Å². The number of rotatable bonds is 7. The topological polar surface area (TPSA) is 69.7 Å². The highest BCUT2D eigenvalue weighted by Crippen LogP contribution is 2.16. The van der Waals surface area contributed by atoms with E-state index in [1.54, 1.807) is 0 Å². The molecule has 0 saturated heterocycles. The predicted molar refractivity (Wildman–Crippen MR) is 92.0 cm³/mol. The van der Waals surface area contributed by atoms with Crippen LogP contribution in [0.5, 0.6) is 0 Å². The molecule has 0 aliphatic rings. The van der Waals surface area contributed by atoms with Crippen molar-refractivity contribution in [1.82, 2.24) is 0 Å². The third kappa shape index (κ3) is 5.20. The molecule has 0 bridgehead atoms. The second-order valence-electron chi connectivity index (χ2n) is 5.92. The molecule has 27 heavy (non-hydrogen) atoms. The zero-order valence-corrected chi connectivity index (χ0v) is 14.8. The molecular formula is C20H18F2O5. The summed E-state index contributed by atoms with van der Waals surface area (Å²) in [7, 11) is 1.14. The van der Waals surface area contributed by atoms with Crippen molar-refractivity contribution in [2.75, 3.05) is 7.11 Å². The van der Waals surface area contributed by atoms with Crippen LogP contribution in [0.1, 0.15) is 39.6 Å². The smallest absolute Gasteiger partial charge is 0.340 e. The van der Waals surface area contributed by atoms with Crippen LogP contribution in [-0.2, 0) is 20.9 Å². The van der Waals surface area contributed by atoms with Crippen molar-refractivity contribution < 1.29 is 32.6 Å². The molecule has 0 radical (unpaired) electrons. The van der Waals surface area contributed by atoms with Crippen LogP contribution in [0.15, 0.2) is 42.5 Å². The third-order valence-electron chi connectivity index (χ3n) is 3.89. The average Bonchev–Trinajstić information content (AvgIpc) is 2.65. The average molecular weight is 376 g/mol. The lowest BCUT2D eigenvalue weighted by atomic mass is 9.99. The Morgan fingerprint density at radius 1 is 1.00 bits per heavy atom. The van der Waals surface area contributed by atoms with Crippen LogP contribution < -0.4 is 0 Å². The van der Waals surface area contributed by atoms with Crippen LogP contribution in [0, 0.1) is 17.6 Å². The predicted octanol–water partition coefficient (Wildman–Crippen LogP) is 3.70. The summed E-state index contributed by atoms with van der Waals surface area (Å²) >= 11 is 0. The van der Waals surface area contributed by atoms with Crippen LogP contribution in [0.4, 0.5) is 8.78 Å². The summed E-state index contributed by atoms with van der Waals surface area (Å²) in [4.78, 5) is 35.5. The molecule has 0 aromatic heterocycles. The highest BCUT2D eigenvalue weighted by Gasteiger charge is 2.21. The Labute approximate surface area is 154 Å². The Balaban J connectivity index is 1.93. The summed E-state index contributed by atoms with van der Waals surface area (Å²) in [6.07, 6.45) is -0.213. The largest absolute Gasteiger partial charge is 0.465 e. The lowest BCUT2D eigenvalue weighted by molar-refractivity contribution is -0.149. The number of ketones is 1. The van der Waals surface area contributed by atoms with Crippen molar-refractivity contribution in [1.29, 1.82) is 0 Å². The van der Waals surface area contributed by atoms with Crippen molar-refractivity contribution in [3.05, 3.63) is 70.8 Å². The number of carbonyl (C=O) groups excluding carboxylic acids is 3. The van der Waals surface area contributed by atoms with Gasteiger partial charge in [0.2, 0.25) is 0 Å². The lowest BCUT2D eigenvalue weighted by Crippen LogP contribution is -2.19. The second kappa shape index (κ2) is 9.02. The van der Waals surface area contributed by atoms with Gasteiger partial charge in [-0.3, -0.25) is 9.59 Å². The Hall–Kier alpha value is -3.09. The first-order valence-corrected chi connectivity index (χ1v) is 8.14. The van der Waals surface area contributed by atoms with E-state index in [-0.39, 0.29) is 24.2 Å². The van der Waals surface area contributed by atoms with Crippen LogP contribution in [0.2, 0.25) is 0 Å². The maximum absolute atomic E-state index is 13.8. The fourth-order valence-corrected chi connectivity index (χ4v) is 2.38. The number of Topliss-reactive ketones (excluding diaryl/α,β-unsaturated/α-hetero) is 1. The SMILES string of the molecule is COC(=O)c1ccc(COC(=O)C(C)CC(=O)c2ccccc2F)cc1F. The molecule has 1 atom stereocenters. The molecule has 0 aliphatic carbocycles. The second-order valence-corrected chi connectivity index (χ2v) is 5.92. The highest BCUT2D eigenvalue weighted by atomic mass is 19.1. The molecule has 2 aromatic rings. The quantitative estimate of drug-likeness (QED) is 0.544. The molecule has 5 nitrogen and oxygen atoms in total. The van der Waals surface area contributed by atoms with Gasteiger partial charge in [0.1, 0.15) is 18.2 Å². The number of ether oxygens (including phenoxy) is 2. The van der Waals surface area contributed by atoms with Gasteiger partial charge in [-0.25, -0.2) is 13.6 Å². The fourth-order valence-electron chi connectivity index (χ4n) is 2.38. The molecule has 0 heterocycles. The van der Waals surface area contributed by atoms with Gasteiger partial charge < -0.3 is 9.47 Å². The van der Waals surface area contributed by atoms with Crippen LogP contribution in [0.25, 0.3) is 0 Å². The summed E-state index contributed by atoms with van der Waals surface area (Å²) in [5, 5.41) is 0. The molecule has 142 valence electrons. The number of hydrogen-bond donors (Lipinski definition) is 0. The molecule has 0 saturated carbocycles. The summed E-state index contributed by atoms with van der Waals surface area (Å²) in [5.74, 6) is -4.22. The van der Waals surface area contributed by atoms with Gasteiger partial charge in [-0.05, 0) is 29.8 Å². The molecular weight excluding hydrogens is 358 g/mol. The van der Waals surface area contributed by atoms with Crippen LogP contribution in [-0.4, -0.2) is 24.8 Å². The van der Waals surface area contributed by atoms with E-state index in [0.29, 0.717) is 5.56 Å². The molecule has 0 fully saturated rings. The van der Waals surface area contributed by atoms with Gasteiger partial charge in [-0.15, -0.1) is 0 Å². The van der Waals surface area contributed by atoms with E-state index in [9.17, 15) is 23.2 Å². The van der Waals surface area contributed by atoms with Crippen molar-refractivity contribution >= 4 is 17.7 Å². The zero-order valence-electron chi connectivity index (χ0n) is 14.8. The van der Waals surface area contributed by atoms with E-state index in [2.05, 4.69) is 4.74 Å². The summed E-state index contributed by atoms with van der Waals surface area (Å²) in [6.45, 7) is 1.26. The Bertz CT molecular complexity index is 863. The summed E-state index contributed by atoms with van der Waals surface area (Å²) < 4.78 is 37.0. The van der Waals surface area contributed by atoms with Crippen molar-refractivity contribution in [3.63, 3.8) is 0 Å². The molecule has 0 amide bonds. The van der Waals surface area contributed by atoms with E-state index in [1.165, 1.54) is 43.3 Å². The highest BCUT2D eigenvalue weighted by molar-refractivity contribution is 5.98. The number of esters is 2. The maximum Gasteiger partial charge on any atom is 0.340 e. The molecule has 0 aliphatic heterocycles. The fraction of sp³-hybridized carbons (Fsp3) is 0.250. The number of hydrogen-bond acceptors (Lipinski definition) is 5. The Morgan fingerprint density at radius 2 is 1.70 bits per heavy atom. The number of benzene rings is 2. The first-order chi connectivity index (χ1) is 12.8. The summed E-state index contributed by atoms with van der Waals surface area (Å²) in [5.41, 5.74) is 0.0233. The number of methoxy groups -OCH3 is 1. The monoisotopic (exact) mass is 376 g/mol. The van der Waals surface area contributed by atoms with E-state index < -0.39 is 35.3 Å². The standard InChI is InChI=1S/C20H18F2O5/c1-12(9-18(23)14-5-3-4-6-16(14)21)19(24)27-11-13-7-8-15(17(22)10-13)20(25)26-2/h3-8,10,12H,9,11H2,1-2H3. The summed E-state index contributed by atoms with van der Waals surface area (Å²) in [6, 6.07) is 9.24. The minimum atomic E-state index is -0.809. The first-order valence-electron chi connectivity index (χ1n) is 8.14. The normalized spacial score (nSPS) is 11.6. The van der Waals surface area contributed by atoms with Gasteiger partial charge in [0.15, 0.2) is 5.78 Å². The molecule has 0 spiro atoms. The Morgan fingerprint density at radius 3 is 2.33 bits per heavy atom. The third-order valence-corrected chi connectivity index (χ3v) is 3.89. The molecule has 7 heteroatoms. The van der Waals surface area contributed by atoms with Gasteiger partial charge in [-0.2, -0.15) is 0 Å². The number of carbonyl (C=O) groups is 3. The first kappa shape index (κ1) is 20.2. The lowest BCUT2D eigenvalue weighted by Gasteiger charge is -2.12. The van der Waals surface area contributed by atoms with Crippen molar-refractivity contribution in [2.24, 2.45) is 5.92 Å².